The van der Waals surface area contributed by atoms with Gasteiger partial charge in [0, 0.05) is 62.5 Å². The van der Waals surface area contributed by atoms with E-state index >= 15 is 0 Å². The summed E-state index contributed by atoms with van der Waals surface area (Å²) in [6, 6.07) is 17.6. The molecule has 0 radical (unpaired) electrons. The van der Waals surface area contributed by atoms with E-state index in [4.69, 9.17) is 16.3 Å². The number of nitrogens with zero attached hydrogens (tertiary/aromatic N) is 6. The Hall–Kier alpha value is -5.29. The number of aromatic nitrogens is 2. The first-order chi connectivity index (χ1) is 31.6. The Morgan fingerprint density at radius 3 is 2.30 bits per heavy atom. The van der Waals surface area contributed by atoms with Gasteiger partial charge in [0.15, 0.2) is 15.7 Å². The Kier molecular flexibility index (Phi) is 13.0. The second-order valence-electron chi connectivity index (χ2n) is 19.0. The average molecular weight is 939 g/mol. The van der Waals surface area contributed by atoms with E-state index in [2.05, 4.69) is 65.7 Å². The van der Waals surface area contributed by atoms with Crippen molar-refractivity contribution in [2.45, 2.75) is 120 Å². The molecule has 1 atom stereocenters. The molecule has 4 fully saturated rings. The Bertz CT molecular complexity index is 2620. The van der Waals surface area contributed by atoms with Gasteiger partial charge in [-0.05, 0) is 145 Å². The quantitative estimate of drug-likeness (QED) is 0.115. The smallest absolute Gasteiger partial charge is 0.255 e. The average Bonchev–Trinajstić information content (AvgIpc) is 3.60. The van der Waals surface area contributed by atoms with Crippen LogP contribution in [0.1, 0.15) is 99.2 Å². The molecule has 3 aromatic carbocycles. The Labute approximate surface area is 392 Å². The molecule has 0 spiro atoms. The van der Waals surface area contributed by atoms with Crippen LogP contribution in [0.4, 0.5) is 28.8 Å². The number of fused-ring (bicyclic) bond motifs is 1. The molecule has 3 N–H and O–H groups in total. The number of carbonyl (C=O) groups excluding carboxylic acids is 3. The van der Waals surface area contributed by atoms with Crippen LogP contribution in [0.5, 0.6) is 5.75 Å². The third-order valence-corrected chi connectivity index (χ3v) is 16.5. The van der Waals surface area contributed by atoms with Gasteiger partial charge in [-0.3, -0.25) is 29.5 Å². The molecule has 5 aliphatic rings. The molecule has 66 heavy (non-hydrogen) atoms. The highest BCUT2D eigenvalue weighted by molar-refractivity contribution is 7.92. The molecule has 15 nitrogen and oxygen atoms in total. The fourth-order valence-electron chi connectivity index (χ4n) is 10.3. The molecule has 6 heterocycles. The first-order valence-corrected chi connectivity index (χ1v) is 25.3. The van der Waals surface area contributed by atoms with E-state index in [0.717, 1.165) is 93.2 Å². The molecule has 3 amide bonds. The van der Waals surface area contributed by atoms with Gasteiger partial charge in [0.25, 0.3) is 5.91 Å². The number of ether oxygens (including phenoxy) is 1. The van der Waals surface area contributed by atoms with Crippen LogP contribution in [0.3, 0.4) is 0 Å². The summed E-state index contributed by atoms with van der Waals surface area (Å²) < 4.78 is 32.6. The summed E-state index contributed by atoms with van der Waals surface area (Å²) in [5.74, 6) is 0.906. The minimum atomic E-state index is -3.57. The summed E-state index contributed by atoms with van der Waals surface area (Å²) in [5, 5.41) is 8.53. The molecular weight excluding hydrogens is 878 g/mol. The molecule has 350 valence electrons. The van der Waals surface area contributed by atoms with Crippen molar-refractivity contribution in [1.82, 2.24) is 30.0 Å². The largest absolute Gasteiger partial charge is 0.489 e. The summed E-state index contributed by atoms with van der Waals surface area (Å²) in [6.45, 7) is 16.1. The second-order valence-corrected chi connectivity index (χ2v) is 21.9. The van der Waals surface area contributed by atoms with Crippen molar-refractivity contribution in [3.05, 3.63) is 88.1 Å². The van der Waals surface area contributed by atoms with Gasteiger partial charge in [0.05, 0.1) is 33.8 Å². The van der Waals surface area contributed by atoms with Crippen LogP contribution >= 0.6 is 11.6 Å². The minimum Gasteiger partial charge on any atom is -0.489 e. The van der Waals surface area contributed by atoms with Gasteiger partial charge in [0.1, 0.15) is 16.8 Å². The van der Waals surface area contributed by atoms with Gasteiger partial charge in [-0.2, -0.15) is 4.98 Å². The van der Waals surface area contributed by atoms with E-state index in [1.165, 1.54) is 11.8 Å². The lowest BCUT2D eigenvalue weighted by Gasteiger charge is -2.52. The lowest BCUT2D eigenvalue weighted by atomic mass is 9.85. The standard InChI is InChI=1S/C49H60ClN9O6S/c1-29(2)65-43-24-38(31(5)22-41(43)53-49-51-25-39(50)46(55-49)52-40-8-6-7-9-44(40)66(63,64)30(3)4)32-14-18-57(19-15-32)36-27-58(28-36)34-16-20-56(21-17-34)35-10-11-37-33(23-35)26-59(48(37)62)42-12-13-45(60)54-47(42)61/h6-11,22-25,29-30,32,34,36,42H,12-21,26-28H2,1-5H3,(H,54,60,61)(H2,51,52,53,55). The zero-order valence-corrected chi connectivity index (χ0v) is 39.9. The number of halogens is 1. The summed E-state index contributed by atoms with van der Waals surface area (Å²) in [6.07, 6.45) is 6.38. The number of rotatable bonds is 13. The number of anilines is 5. The van der Waals surface area contributed by atoms with Gasteiger partial charge in [-0.1, -0.05) is 23.7 Å². The van der Waals surface area contributed by atoms with E-state index in [0.29, 0.717) is 48.2 Å². The molecule has 4 aromatic rings. The van der Waals surface area contributed by atoms with E-state index in [1.807, 2.05) is 26.0 Å². The molecule has 4 saturated heterocycles. The normalized spacial score (nSPS) is 20.5. The first kappa shape index (κ1) is 45.8. The predicted octanol–water partition coefficient (Wildman–Crippen LogP) is 7.19. The van der Waals surface area contributed by atoms with Crippen LogP contribution in [0.2, 0.25) is 5.02 Å². The molecule has 17 heteroatoms. The summed E-state index contributed by atoms with van der Waals surface area (Å²) >= 11 is 6.54. The van der Waals surface area contributed by atoms with E-state index in [9.17, 15) is 22.8 Å². The third-order valence-electron chi connectivity index (χ3n) is 14.0. The maximum atomic E-state index is 13.2. The number of likely N-dealkylation sites (tertiary alicyclic amines) is 2. The number of benzene rings is 3. The highest BCUT2D eigenvalue weighted by Gasteiger charge is 2.41. The Morgan fingerprint density at radius 2 is 1.59 bits per heavy atom. The van der Waals surface area contributed by atoms with Gasteiger partial charge < -0.3 is 25.2 Å². The van der Waals surface area contributed by atoms with Crippen LogP contribution in [0, 0.1) is 6.92 Å². The van der Waals surface area contributed by atoms with Crippen molar-refractivity contribution >= 4 is 68.0 Å². The molecule has 0 saturated carbocycles. The zero-order valence-electron chi connectivity index (χ0n) is 38.3. The molecule has 5 aliphatic heterocycles. The fourth-order valence-corrected chi connectivity index (χ4v) is 11.6. The van der Waals surface area contributed by atoms with Crippen molar-refractivity contribution in [2.75, 3.05) is 54.8 Å². The number of sulfone groups is 1. The van der Waals surface area contributed by atoms with Crippen LogP contribution in [-0.2, 0) is 26.0 Å². The molecule has 1 aromatic heterocycles. The maximum Gasteiger partial charge on any atom is 0.255 e. The Balaban J connectivity index is 0.776. The van der Waals surface area contributed by atoms with Crippen LogP contribution in [0.15, 0.2) is 65.7 Å². The van der Waals surface area contributed by atoms with Crippen molar-refractivity contribution in [1.29, 1.82) is 0 Å². The molecule has 1 unspecified atom stereocenters. The van der Waals surface area contributed by atoms with Gasteiger partial charge in [-0.15, -0.1) is 0 Å². The van der Waals surface area contributed by atoms with Gasteiger partial charge in [-0.25, -0.2) is 13.4 Å². The number of piperidine rings is 3. The van der Waals surface area contributed by atoms with Crippen molar-refractivity contribution < 1.29 is 27.5 Å². The number of amides is 3. The lowest BCUT2D eigenvalue weighted by Crippen LogP contribution is -2.64. The monoisotopic (exact) mass is 937 g/mol. The number of hydrogen-bond donors (Lipinski definition) is 3. The highest BCUT2D eigenvalue weighted by atomic mass is 35.5. The van der Waals surface area contributed by atoms with Crippen molar-refractivity contribution in [3.63, 3.8) is 0 Å². The minimum absolute atomic E-state index is 0.0644. The Morgan fingerprint density at radius 1 is 0.848 bits per heavy atom. The summed E-state index contributed by atoms with van der Waals surface area (Å²) in [4.78, 5) is 56.1. The summed E-state index contributed by atoms with van der Waals surface area (Å²) in [5.41, 5.74) is 6.30. The third kappa shape index (κ3) is 9.34. The van der Waals surface area contributed by atoms with Crippen LogP contribution in [0.25, 0.3) is 0 Å². The maximum absolute atomic E-state index is 13.2. The van der Waals surface area contributed by atoms with Crippen LogP contribution in [-0.4, -0.2) is 120 Å². The SMILES string of the molecule is Cc1cc(Nc2ncc(Cl)c(Nc3ccccc3S(=O)(=O)C(C)C)n2)c(OC(C)C)cc1C1CCN(C2CN(C3CCN(c4ccc5c(c4)CN(C4CCC(=O)NC4=O)C5=O)CC3)C2)CC1. The zero-order chi connectivity index (χ0) is 46.4. The fraction of sp³-hybridized carbons (Fsp3) is 0.490. The molecule has 0 bridgehead atoms. The van der Waals surface area contributed by atoms with Crippen LogP contribution < -0.4 is 25.6 Å². The first-order valence-electron chi connectivity index (χ1n) is 23.3. The number of carbonyl (C=O) groups is 3. The number of aryl methyl sites for hydroxylation is 1. The number of nitrogens with one attached hydrogen (secondary N) is 3. The van der Waals surface area contributed by atoms with E-state index in [1.54, 1.807) is 43.0 Å². The number of para-hydroxylation sites is 1. The van der Waals surface area contributed by atoms with Crippen molar-refractivity contribution in [2.24, 2.45) is 0 Å². The molecular formula is C49H60ClN9O6S. The van der Waals surface area contributed by atoms with Crippen molar-refractivity contribution in [3.8, 4) is 5.75 Å². The van der Waals surface area contributed by atoms with E-state index in [-0.39, 0.29) is 46.0 Å². The summed E-state index contributed by atoms with van der Waals surface area (Å²) in [7, 11) is -3.57. The highest BCUT2D eigenvalue weighted by Crippen LogP contribution is 2.40. The van der Waals surface area contributed by atoms with Gasteiger partial charge in [0.2, 0.25) is 17.8 Å². The molecule has 0 aliphatic carbocycles. The second kappa shape index (κ2) is 18.8. The van der Waals surface area contributed by atoms with Gasteiger partial charge >= 0.3 is 0 Å². The number of imide groups is 1. The van der Waals surface area contributed by atoms with E-state index < -0.39 is 21.1 Å². The predicted molar refractivity (Wildman–Crippen MR) is 256 cm³/mol. The number of hydrogen-bond acceptors (Lipinski definition) is 13. The lowest BCUT2D eigenvalue weighted by molar-refractivity contribution is -0.136. The topological polar surface area (TPSA) is 169 Å². The molecule has 9 rings (SSSR count).